The third kappa shape index (κ3) is 5.63. The maximum absolute atomic E-state index is 6.13. The summed E-state index contributed by atoms with van der Waals surface area (Å²) in [6, 6.07) is 8.31. The Labute approximate surface area is 127 Å². The Kier molecular flexibility index (Phi) is 6.02. The molecule has 0 radical (unpaired) electrons. The van der Waals surface area contributed by atoms with Crippen LogP contribution in [0, 0.1) is 0 Å². The standard InChI is InChI=1S/C16H25BrOSi/c1-16(2,3)19(4,5)18-12-7-6-9-14-10-8-11-15(17)13-14/h6,8-11,13H,7,12H2,1-5H3. The van der Waals surface area contributed by atoms with Gasteiger partial charge in [0.15, 0.2) is 8.32 Å². The van der Waals surface area contributed by atoms with Crippen LogP contribution in [0.3, 0.4) is 0 Å². The molecule has 106 valence electrons. The van der Waals surface area contributed by atoms with Gasteiger partial charge in [-0.3, -0.25) is 0 Å². The Morgan fingerprint density at radius 3 is 2.53 bits per heavy atom. The van der Waals surface area contributed by atoms with Crippen molar-refractivity contribution in [3.8, 4) is 0 Å². The maximum atomic E-state index is 6.13. The molecular formula is C16H25BrOSi. The molecule has 1 nitrogen and oxygen atoms in total. The van der Waals surface area contributed by atoms with Crippen LogP contribution in [0.5, 0.6) is 0 Å². The average molecular weight is 341 g/mol. The fourth-order valence-corrected chi connectivity index (χ4v) is 2.91. The van der Waals surface area contributed by atoms with Gasteiger partial charge in [0.25, 0.3) is 0 Å². The number of benzene rings is 1. The summed E-state index contributed by atoms with van der Waals surface area (Å²) in [7, 11) is -1.58. The molecule has 0 spiro atoms. The molecule has 1 aromatic carbocycles. The maximum Gasteiger partial charge on any atom is 0.191 e. The highest BCUT2D eigenvalue weighted by Crippen LogP contribution is 2.36. The first-order chi connectivity index (χ1) is 8.72. The van der Waals surface area contributed by atoms with E-state index in [0.717, 1.165) is 17.5 Å². The SMILES string of the molecule is CC(C)(C)[Si](C)(C)OCCC=Cc1cccc(Br)c1. The van der Waals surface area contributed by atoms with Crippen LogP contribution in [-0.4, -0.2) is 14.9 Å². The first-order valence-electron chi connectivity index (χ1n) is 6.78. The van der Waals surface area contributed by atoms with Crippen molar-refractivity contribution in [2.75, 3.05) is 6.61 Å². The summed E-state index contributed by atoms with van der Waals surface area (Å²) < 4.78 is 7.25. The normalized spacial score (nSPS) is 13.2. The highest BCUT2D eigenvalue weighted by Gasteiger charge is 2.36. The first-order valence-corrected chi connectivity index (χ1v) is 10.5. The Hall–Kier alpha value is -0.383. The van der Waals surface area contributed by atoms with E-state index in [0.29, 0.717) is 5.04 Å². The largest absolute Gasteiger partial charge is 0.417 e. The number of hydrogen-bond donors (Lipinski definition) is 0. The second-order valence-corrected chi connectivity index (χ2v) is 12.1. The minimum atomic E-state index is -1.58. The molecule has 0 aliphatic carbocycles. The topological polar surface area (TPSA) is 9.23 Å². The number of halogens is 1. The van der Waals surface area contributed by atoms with Gasteiger partial charge in [-0.25, -0.2) is 0 Å². The van der Waals surface area contributed by atoms with Crippen LogP contribution in [-0.2, 0) is 4.43 Å². The zero-order chi connectivity index (χ0) is 14.5. The fraction of sp³-hybridized carbons (Fsp3) is 0.500. The Morgan fingerprint density at radius 2 is 1.95 bits per heavy atom. The molecule has 0 N–H and O–H groups in total. The van der Waals surface area contributed by atoms with Gasteiger partial charge in [-0.1, -0.05) is 61.0 Å². The summed E-state index contributed by atoms with van der Waals surface area (Å²) in [5.41, 5.74) is 1.22. The van der Waals surface area contributed by atoms with Gasteiger partial charge in [-0.15, -0.1) is 0 Å². The molecule has 0 heterocycles. The zero-order valence-corrected chi connectivity index (χ0v) is 15.3. The van der Waals surface area contributed by atoms with E-state index >= 15 is 0 Å². The quantitative estimate of drug-likeness (QED) is 0.480. The van der Waals surface area contributed by atoms with E-state index in [9.17, 15) is 0 Å². The van der Waals surface area contributed by atoms with Crippen LogP contribution in [0.2, 0.25) is 18.1 Å². The Bertz CT molecular complexity index is 433. The van der Waals surface area contributed by atoms with Gasteiger partial charge in [0.1, 0.15) is 0 Å². The Morgan fingerprint density at radius 1 is 1.26 bits per heavy atom. The molecule has 0 saturated heterocycles. The molecule has 0 aliphatic heterocycles. The minimum absolute atomic E-state index is 0.293. The van der Waals surface area contributed by atoms with E-state index in [1.807, 2.05) is 6.07 Å². The molecule has 0 saturated carbocycles. The summed E-state index contributed by atoms with van der Waals surface area (Å²) in [5, 5.41) is 0.293. The molecule has 0 fully saturated rings. The van der Waals surface area contributed by atoms with Crippen LogP contribution in [0.4, 0.5) is 0 Å². The highest BCUT2D eigenvalue weighted by molar-refractivity contribution is 9.10. The number of rotatable bonds is 5. The monoisotopic (exact) mass is 340 g/mol. The summed E-state index contributed by atoms with van der Waals surface area (Å²) in [5.74, 6) is 0. The van der Waals surface area contributed by atoms with Crippen molar-refractivity contribution in [1.82, 2.24) is 0 Å². The molecule has 0 amide bonds. The highest BCUT2D eigenvalue weighted by atomic mass is 79.9. The second-order valence-electron chi connectivity index (χ2n) is 6.35. The zero-order valence-electron chi connectivity index (χ0n) is 12.7. The molecule has 0 atom stereocenters. The molecule has 0 bridgehead atoms. The van der Waals surface area contributed by atoms with Crippen molar-refractivity contribution in [1.29, 1.82) is 0 Å². The minimum Gasteiger partial charge on any atom is -0.417 e. The summed E-state index contributed by atoms with van der Waals surface area (Å²) >= 11 is 3.48. The van der Waals surface area contributed by atoms with Crippen LogP contribution < -0.4 is 0 Å². The summed E-state index contributed by atoms with van der Waals surface area (Å²) in [6.07, 6.45) is 5.31. The molecule has 1 aromatic rings. The average Bonchev–Trinajstić information content (AvgIpc) is 2.27. The molecule has 0 aromatic heterocycles. The number of hydrogen-bond acceptors (Lipinski definition) is 1. The van der Waals surface area contributed by atoms with Crippen molar-refractivity contribution >= 4 is 30.3 Å². The van der Waals surface area contributed by atoms with E-state index in [-0.39, 0.29) is 0 Å². The first kappa shape index (κ1) is 16.7. The van der Waals surface area contributed by atoms with E-state index in [1.54, 1.807) is 0 Å². The van der Waals surface area contributed by atoms with Crippen molar-refractivity contribution in [2.45, 2.75) is 45.3 Å². The second kappa shape index (κ2) is 6.87. The smallest absolute Gasteiger partial charge is 0.191 e. The van der Waals surface area contributed by atoms with Crippen LogP contribution in [0.1, 0.15) is 32.8 Å². The summed E-state index contributed by atoms with van der Waals surface area (Å²) in [6.45, 7) is 12.2. The van der Waals surface area contributed by atoms with Crippen molar-refractivity contribution in [3.05, 3.63) is 40.4 Å². The predicted molar refractivity (Wildman–Crippen MR) is 90.9 cm³/mol. The van der Waals surface area contributed by atoms with Gasteiger partial charge >= 0.3 is 0 Å². The Balaban J connectivity index is 2.39. The van der Waals surface area contributed by atoms with Gasteiger partial charge in [-0.2, -0.15) is 0 Å². The molecule has 3 heteroatoms. The van der Waals surface area contributed by atoms with Crippen molar-refractivity contribution in [3.63, 3.8) is 0 Å². The molecule has 0 unspecified atom stereocenters. The lowest BCUT2D eigenvalue weighted by atomic mass is 10.2. The molecule has 0 aliphatic rings. The van der Waals surface area contributed by atoms with Gasteiger partial charge in [0, 0.05) is 11.1 Å². The molecule has 1 rings (SSSR count). The third-order valence-corrected chi connectivity index (χ3v) is 8.74. The van der Waals surface area contributed by atoms with E-state index < -0.39 is 8.32 Å². The molecular weight excluding hydrogens is 316 g/mol. The van der Waals surface area contributed by atoms with E-state index in [2.05, 4.69) is 80.1 Å². The fourth-order valence-electron chi connectivity index (χ4n) is 1.43. The summed E-state index contributed by atoms with van der Waals surface area (Å²) in [4.78, 5) is 0. The van der Waals surface area contributed by atoms with E-state index in [4.69, 9.17) is 4.43 Å². The van der Waals surface area contributed by atoms with Crippen LogP contribution in [0.15, 0.2) is 34.8 Å². The lowest BCUT2D eigenvalue weighted by Crippen LogP contribution is -2.40. The lowest BCUT2D eigenvalue weighted by molar-refractivity contribution is 0.294. The van der Waals surface area contributed by atoms with Crippen LogP contribution >= 0.6 is 15.9 Å². The van der Waals surface area contributed by atoms with Gasteiger partial charge in [0.05, 0.1) is 0 Å². The van der Waals surface area contributed by atoms with Crippen molar-refractivity contribution < 1.29 is 4.43 Å². The van der Waals surface area contributed by atoms with E-state index in [1.165, 1.54) is 5.56 Å². The van der Waals surface area contributed by atoms with Gasteiger partial charge < -0.3 is 4.43 Å². The lowest BCUT2D eigenvalue weighted by Gasteiger charge is -2.36. The van der Waals surface area contributed by atoms with Gasteiger partial charge in [0.2, 0.25) is 0 Å². The van der Waals surface area contributed by atoms with Crippen LogP contribution in [0.25, 0.3) is 6.08 Å². The third-order valence-electron chi connectivity index (χ3n) is 3.71. The predicted octanol–water partition coefficient (Wildman–Crippen LogP) is 5.87. The van der Waals surface area contributed by atoms with Gasteiger partial charge in [-0.05, 0) is 42.2 Å². The molecule has 19 heavy (non-hydrogen) atoms. The van der Waals surface area contributed by atoms with Crippen molar-refractivity contribution in [2.24, 2.45) is 0 Å².